The van der Waals surface area contributed by atoms with E-state index in [-0.39, 0.29) is 0 Å². The number of hydrogen-bond acceptors (Lipinski definition) is 4. The van der Waals surface area contributed by atoms with Gasteiger partial charge in [0, 0.05) is 24.7 Å². The van der Waals surface area contributed by atoms with Gasteiger partial charge in [-0.1, -0.05) is 6.07 Å². The number of aromatic nitrogens is 1. The van der Waals surface area contributed by atoms with Crippen LogP contribution in [0.15, 0.2) is 35.8 Å². The van der Waals surface area contributed by atoms with Crippen molar-refractivity contribution in [2.24, 2.45) is 0 Å². The Hall–Kier alpha value is -1.39. The standard InChI is InChI=1S/C14H18N2OS/c1-11(17)12-5-7-15-14(10-12)16(2)8-6-13-4-3-9-18-13/h3-5,7,9-11,17H,6,8H2,1-2H3/t11-/m0/s1. The molecular formula is C14H18N2OS. The van der Waals surface area contributed by atoms with Gasteiger partial charge in [-0.05, 0) is 42.5 Å². The molecular weight excluding hydrogens is 244 g/mol. The largest absolute Gasteiger partial charge is 0.389 e. The van der Waals surface area contributed by atoms with Crippen molar-refractivity contribution in [3.8, 4) is 0 Å². The highest BCUT2D eigenvalue weighted by molar-refractivity contribution is 7.09. The molecule has 0 aromatic carbocycles. The zero-order chi connectivity index (χ0) is 13.0. The number of anilines is 1. The van der Waals surface area contributed by atoms with Gasteiger partial charge in [0.25, 0.3) is 0 Å². The molecule has 0 aliphatic carbocycles. The molecule has 1 N–H and O–H groups in total. The van der Waals surface area contributed by atoms with Crippen LogP contribution < -0.4 is 4.90 Å². The van der Waals surface area contributed by atoms with Gasteiger partial charge < -0.3 is 10.0 Å². The Morgan fingerprint density at radius 2 is 2.28 bits per heavy atom. The van der Waals surface area contributed by atoms with E-state index in [0.29, 0.717) is 0 Å². The predicted octanol–water partition coefficient (Wildman–Crippen LogP) is 2.88. The predicted molar refractivity (Wildman–Crippen MR) is 76.2 cm³/mol. The van der Waals surface area contributed by atoms with Gasteiger partial charge in [0.15, 0.2) is 0 Å². The van der Waals surface area contributed by atoms with Crippen molar-refractivity contribution in [3.05, 3.63) is 46.3 Å². The molecule has 0 radical (unpaired) electrons. The molecule has 2 aromatic heterocycles. The van der Waals surface area contributed by atoms with Crippen LogP contribution in [0.2, 0.25) is 0 Å². The lowest BCUT2D eigenvalue weighted by Gasteiger charge is -2.18. The molecule has 18 heavy (non-hydrogen) atoms. The van der Waals surface area contributed by atoms with E-state index in [1.54, 1.807) is 24.5 Å². The Morgan fingerprint density at radius 3 is 2.94 bits per heavy atom. The molecule has 2 aromatic rings. The molecule has 0 bridgehead atoms. The highest BCUT2D eigenvalue weighted by atomic mass is 32.1. The summed E-state index contributed by atoms with van der Waals surface area (Å²) in [5.74, 6) is 0.907. The molecule has 3 nitrogen and oxygen atoms in total. The molecule has 1 atom stereocenters. The van der Waals surface area contributed by atoms with E-state index in [0.717, 1.165) is 24.3 Å². The maximum atomic E-state index is 9.57. The summed E-state index contributed by atoms with van der Waals surface area (Å²) < 4.78 is 0. The summed E-state index contributed by atoms with van der Waals surface area (Å²) in [7, 11) is 2.03. The van der Waals surface area contributed by atoms with Crippen LogP contribution in [0.3, 0.4) is 0 Å². The fraction of sp³-hybridized carbons (Fsp3) is 0.357. The summed E-state index contributed by atoms with van der Waals surface area (Å²) in [6.07, 6.45) is 2.32. The summed E-state index contributed by atoms with van der Waals surface area (Å²) in [6, 6.07) is 8.02. The van der Waals surface area contributed by atoms with Crippen molar-refractivity contribution in [1.82, 2.24) is 4.98 Å². The van der Waals surface area contributed by atoms with Crippen LogP contribution in [0.25, 0.3) is 0 Å². The third-order valence-corrected chi connectivity index (χ3v) is 3.85. The molecule has 0 saturated carbocycles. The number of likely N-dealkylation sites (N-methyl/N-ethyl adjacent to an activating group) is 1. The van der Waals surface area contributed by atoms with Crippen LogP contribution in [-0.2, 0) is 6.42 Å². The van der Waals surface area contributed by atoms with Crippen LogP contribution in [0, 0.1) is 0 Å². The first-order valence-electron chi connectivity index (χ1n) is 6.04. The summed E-state index contributed by atoms with van der Waals surface area (Å²) in [4.78, 5) is 7.84. The van der Waals surface area contributed by atoms with Gasteiger partial charge in [-0.15, -0.1) is 11.3 Å². The van der Waals surface area contributed by atoms with E-state index in [2.05, 4.69) is 27.4 Å². The van der Waals surface area contributed by atoms with Crippen molar-refractivity contribution in [1.29, 1.82) is 0 Å². The minimum Gasteiger partial charge on any atom is -0.389 e. The number of nitrogens with zero attached hydrogens (tertiary/aromatic N) is 2. The summed E-state index contributed by atoms with van der Waals surface area (Å²) in [6.45, 7) is 2.70. The maximum Gasteiger partial charge on any atom is 0.128 e. The van der Waals surface area contributed by atoms with Gasteiger partial charge in [-0.25, -0.2) is 4.98 Å². The Kier molecular flexibility index (Phi) is 4.33. The van der Waals surface area contributed by atoms with Gasteiger partial charge in [0.2, 0.25) is 0 Å². The maximum absolute atomic E-state index is 9.57. The van der Waals surface area contributed by atoms with Crippen molar-refractivity contribution < 1.29 is 5.11 Å². The number of pyridine rings is 1. The number of aliphatic hydroxyl groups excluding tert-OH is 1. The first-order chi connectivity index (χ1) is 8.66. The molecule has 0 fully saturated rings. The molecule has 0 spiro atoms. The molecule has 0 aliphatic rings. The fourth-order valence-electron chi connectivity index (χ4n) is 1.75. The normalized spacial score (nSPS) is 12.4. The molecule has 96 valence electrons. The fourth-order valence-corrected chi connectivity index (χ4v) is 2.45. The van der Waals surface area contributed by atoms with E-state index in [1.807, 2.05) is 19.2 Å². The molecule has 0 amide bonds. The lowest BCUT2D eigenvalue weighted by Crippen LogP contribution is -2.21. The highest BCUT2D eigenvalue weighted by Gasteiger charge is 2.06. The number of rotatable bonds is 5. The summed E-state index contributed by atoms with van der Waals surface area (Å²) >= 11 is 1.78. The van der Waals surface area contributed by atoms with Crippen LogP contribution in [0.1, 0.15) is 23.5 Å². The van der Waals surface area contributed by atoms with Crippen LogP contribution in [0.4, 0.5) is 5.82 Å². The van der Waals surface area contributed by atoms with Crippen LogP contribution in [0.5, 0.6) is 0 Å². The molecule has 4 heteroatoms. The smallest absolute Gasteiger partial charge is 0.128 e. The van der Waals surface area contributed by atoms with Crippen molar-refractivity contribution >= 4 is 17.2 Å². The Bertz CT molecular complexity index is 482. The Balaban J connectivity index is 1.99. The molecule has 2 rings (SSSR count). The second-order valence-electron chi connectivity index (χ2n) is 4.37. The molecule has 2 heterocycles. The number of thiophene rings is 1. The molecule has 0 aliphatic heterocycles. The average molecular weight is 262 g/mol. The lowest BCUT2D eigenvalue weighted by atomic mass is 10.1. The second kappa shape index (κ2) is 5.98. The first-order valence-corrected chi connectivity index (χ1v) is 6.92. The lowest BCUT2D eigenvalue weighted by molar-refractivity contribution is 0.199. The zero-order valence-corrected chi connectivity index (χ0v) is 11.5. The second-order valence-corrected chi connectivity index (χ2v) is 5.41. The summed E-state index contributed by atoms with van der Waals surface area (Å²) in [5.41, 5.74) is 0.906. The number of hydrogen-bond donors (Lipinski definition) is 1. The monoisotopic (exact) mass is 262 g/mol. The van der Waals surface area contributed by atoms with Crippen molar-refractivity contribution in [2.45, 2.75) is 19.4 Å². The van der Waals surface area contributed by atoms with Gasteiger partial charge in [0.1, 0.15) is 5.82 Å². The number of aliphatic hydroxyl groups is 1. The van der Waals surface area contributed by atoms with Gasteiger partial charge >= 0.3 is 0 Å². The van der Waals surface area contributed by atoms with E-state index >= 15 is 0 Å². The minimum absolute atomic E-state index is 0.447. The van der Waals surface area contributed by atoms with Crippen LogP contribution in [-0.4, -0.2) is 23.7 Å². The van der Waals surface area contributed by atoms with E-state index in [1.165, 1.54) is 4.88 Å². The topological polar surface area (TPSA) is 36.4 Å². The quantitative estimate of drug-likeness (QED) is 0.900. The minimum atomic E-state index is -0.447. The average Bonchev–Trinajstić information content (AvgIpc) is 2.89. The van der Waals surface area contributed by atoms with E-state index in [4.69, 9.17) is 0 Å². The van der Waals surface area contributed by atoms with Gasteiger partial charge in [-0.3, -0.25) is 0 Å². The van der Waals surface area contributed by atoms with Gasteiger partial charge in [-0.2, -0.15) is 0 Å². The van der Waals surface area contributed by atoms with Crippen molar-refractivity contribution in [2.75, 3.05) is 18.5 Å². The van der Waals surface area contributed by atoms with E-state index in [9.17, 15) is 5.11 Å². The molecule has 0 unspecified atom stereocenters. The Morgan fingerprint density at radius 1 is 1.44 bits per heavy atom. The zero-order valence-electron chi connectivity index (χ0n) is 10.7. The van der Waals surface area contributed by atoms with Crippen LogP contribution >= 0.6 is 11.3 Å². The summed E-state index contributed by atoms with van der Waals surface area (Å²) in [5, 5.41) is 11.7. The molecule has 0 saturated heterocycles. The van der Waals surface area contributed by atoms with Crippen molar-refractivity contribution in [3.63, 3.8) is 0 Å². The van der Waals surface area contributed by atoms with Gasteiger partial charge in [0.05, 0.1) is 6.10 Å². The first kappa shape index (κ1) is 13.1. The third kappa shape index (κ3) is 3.31. The SMILES string of the molecule is C[C@H](O)c1ccnc(N(C)CCc2cccs2)c1. The highest BCUT2D eigenvalue weighted by Crippen LogP contribution is 2.18. The Labute approximate surface area is 112 Å². The third-order valence-electron chi connectivity index (χ3n) is 2.92. The van der Waals surface area contributed by atoms with E-state index < -0.39 is 6.10 Å².